The second-order valence-electron chi connectivity index (χ2n) is 3.88. The van der Waals surface area contributed by atoms with Gasteiger partial charge in [-0.15, -0.1) is 0 Å². The molecule has 90 valence electrons. The van der Waals surface area contributed by atoms with E-state index in [4.69, 9.17) is 27.9 Å². The third-order valence-electron chi connectivity index (χ3n) is 2.65. The molecular weight excluding hydrogens is 269 g/mol. The Kier molecular flexibility index (Phi) is 2.90. The molecule has 2 aromatic carbocycles. The van der Waals surface area contributed by atoms with Gasteiger partial charge in [0.05, 0.1) is 10.5 Å². The number of rotatable bonds is 2. The highest BCUT2D eigenvalue weighted by Crippen LogP contribution is 2.35. The van der Waals surface area contributed by atoms with E-state index in [-0.39, 0.29) is 0 Å². The summed E-state index contributed by atoms with van der Waals surface area (Å²) in [7, 11) is 0. The lowest BCUT2D eigenvalue weighted by atomic mass is 10.2. The first-order valence-electron chi connectivity index (χ1n) is 5.43. The molecule has 0 unspecified atom stereocenters. The molecule has 4 heteroatoms. The largest absolute Gasteiger partial charge is 0.455 e. The molecule has 0 aliphatic carbocycles. The van der Waals surface area contributed by atoms with Gasteiger partial charge in [-0.05, 0) is 24.3 Å². The Morgan fingerprint density at radius 1 is 0.944 bits per heavy atom. The lowest BCUT2D eigenvalue weighted by molar-refractivity contribution is 0.488. The zero-order chi connectivity index (χ0) is 12.5. The van der Waals surface area contributed by atoms with Crippen molar-refractivity contribution in [1.29, 1.82) is 0 Å². The summed E-state index contributed by atoms with van der Waals surface area (Å²) < 4.78 is 5.83. The predicted octanol–water partition coefficient (Wildman–Crippen LogP) is 5.27. The molecule has 1 aromatic heterocycles. The van der Waals surface area contributed by atoms with Crippen molar-refractivity contribution in [2.75, 3.05) is 0 Å². The smallest absolute Gasteiger partial charge is 0.146 e. The average Bonchev–Trinajstić information content (AvgIpc) is 2.80. The van der Waals surface area contributed by atoms with Crippen molar-refractivity contribution in [3.8, 4) is 11.5 Å². The van der Waals surface area contributed by atoms with E-state index in [9.17, 15) is 0 Å². The van der Waals surface area contributed by atoms with Crippen LogP contribution in [-0.4, -0.2) is 4.98 Å². The molecule has 18 heavy (non-hydrogen) atoms. The first kappa shape index (κ1) is 11.5. The van der Waals surface area contributed by atoms with Gasteiger partial charge >= 0.3 is 0 Å². The van der Waals surface area contributed by atoms with Crippen LogP contribution < -0.4 is 4.74 Å². The first-order valence-corrected chi connectivity index (χ1v) is 6.18. The van der Waals surface area contributed by atoms with E-state index < -0.39 is 0 Å². The summed E-state index contributed by atoms with van der Waals surface area (Å²) in [6, 6.07) is 12.9. The van der Waals surface area contributed by atoms with Crippen LogP contribution in [0.3, 0.4) is 0 Å². The number of aromatic nitrogens is 1. The standard InChI is InChI=1S/C14H9Cl2NO/c15-9-7-12-10(5-6-17-12)14(8-9)18-13-4-2-1-3-11(13)16/h1-8,17H. The van der Waals surface area contributed by atoms with Crippen LogP contribution in [0.25, 0.3) is 10.9 Å². The lowest BCUT2D eigenvalue weighted by Gasteiger charge is -2.09. The van der Waals surface area contributed by atoms with E-state index in [0.29, 0.717) is 21.5 Å². The SMILES string of the molecule is Clc1cc(Oc2ccccc2Cl)c2cc[nH]c2c1. The summed E-state index contributed by atoms with van der Waals surface area (Å²) in [6.45, 7) is 0. The normalized spacial score (nSPS) is 10.8. The molecule has 3 aromatic rings. The summed E-state index contributed by atoms with van der Waals surface area (Å²) >= 11 is 12.1. The van der Waals surface area contributed by atoms with Gasteiger partial charge in [-0.1, -0.05) is 35.3 Å². The molecule has 1 N–H and O–H groups in total. The highest BCUT2D eigenvalue weighted by Gasteiger charge is 2.08. The minimum absolute atomic E-state index is 0.571. The maximum absolute atomic E-state index is 6.07. The van der Waals surface area contributed by atoms with Crippen molar-refractivity contribution in [1.82, 2.24) is 4.98 Å². The Bertz CT molecular complexity index is 706. The van der Waals surface area contributed by atoms with Gasteiger partial charge in [0.15, 0.2) is 0 Å². The first-order chi connectivity index (χ1) is 8.74. The van der Waals surface area contributed by atoms with Crippen LogP contribution in [0.4, 0.5) is 0 Å². The molecule has 1 heterocycles. The van der Waals surface area contributed by atoms with Crippen LogP contribution in [0.5, 0.6) is 11.5 Å². The molecule has 0 saturated heterocycles. The summed E-state index contributed by atoms with van der Waals surface area (Å²) in [6.07, 6.45) is 1.85. The Hall–Kier alpha value is -1.64. The third-order valence-corrected chi connectivity index (χ3v) is 3.18. The van der Waals surface area contributed by atoms with Gasteiger partial charge in [0.1, 0.15) is 11.5 Å². The highest BCUT2D eigenvalue weighted by atomic mass is 35.5. The minimum atomic E-state index is 0.571. The summed E-state index contributed by atoms with van der Waals surface area (Å²) in [5.41, 5.74) is 0.935. The van der Waals surface area contributed by atoms with E-state index in [1.807, 2.05) is 36.5 Å². The number of aromatic amines is 1. The van der Waals surface area contributed by atoms with Crippen LogP contribution in [0.15, 0.2) is 48.7 Å². The average molecular weight is 278 g/mol. The maximum Gasteiger partial charge on any atom is 0.146 e. The predicted molar refractivity (Wildman–Crippen MR) is 74.8 cm³/mol. The van der Waals surface area contributed by atoms with Gasteiger partial charge in [-0.25, -0.2) is 0 Å². The van der Waals surface area contributed by atoms with Crippen molar-refractivity contribution >= 4 is 34.1 Å². The van der Waals surface area contributed by atoms with E-state index in [1.54, 1.807) is 12.1 Å². The fourth-order valence-corrected chi connectivity index (χ4v) is 2.21. The monoisotopic (exact) mass is 277 g/mol. The lowest BCUT2D eigenvalue weighted by Crippen LogP contribution is -1.86. The van der Waals surface area contributed by atoms with Crippen molar-refractivity contribution in [3.63, 3.8) is 0 Å². The summed E-state index contributed by atoms with van der Waals surface area (Å²) in [4.78, 5) is 3.10. The van der Waals surface area contributed by atoms with Crippen LogP contribution in [-0.2, 0) is 0 Å². The molecule has 0 aliphatic heterocycles. The van der Waals surface area contributed by atoms with Crippen LogP contribution in [0.2, 0.25) is 10.0 Å². The molecule has 0 amide bonds. The van der Waals surface area contributed by atoms with Gasteiger partial charge in [0.25, 0.3) is 0 Å². The molecule has 0 saturated carbocycles. The Morgan fingerprint density at radius 3 is 2.61 bits per heavy atom. The topological polar surface area (TPSA) is 25.0 Å². The molecule has 0 bridgehead atoms. The van der Waals surface area contributed by atoms with Crippen molar-refractivity contribution in [2.24, 2.45) is 0 Å². The van der Waals surface area contributed by atoms with Gasteiger partial charge in [-0.3, -0.25) is 0 Å². The Labute approximate surface area is 114 Å². The zero-order valence-electron chi connectivity index (χ0n) is 9.28. The number of nitrogens with one attached hydrogen (secondary N) is 1. The molecule has 0 spiro atoms. The molecule has 2 nitrogen and oxygen atoms in total. The number of hydrogen-bond donors (Lipinski definition) is 1. The molecule has 0 fully saturated rings. The van der Waals surface area contributed by atoms with Crippen molar-refractivity contribution in [2.45, 2.75) is 0 Å². The van der Waals surface area contributed by atoms with Gasteiger partial charge in [0.2, 0.25) is 0 Å². The fraction of sp³-hybridized carbons (Fsp3) is 0. The van der Waals surface area contributed by atoms with E-state index >= 15 is 0 Å². The maximum atomic E-state index is 6.07. The molecule has 0 radical (unpaired) electrons. The van der Waals surface area contributed by atoms with Crippen LogP contribution in [0.1, 0.15) is 0 Å². The Balaban J connectivity index is 2.10. The third kappa shape index (κ3) is 2.05. The van der Waals surface area contributed by atoms with Gasteiger partial charge < -0.3 is 9.72 Å². The number of H-pyrrole nitrogens is 1. The second kappa shape index (κ2) is 4.56. The van der Waals surface area contributed by atoms with E-state index in [1.165, 1.54) is 0 Å². The zero-order valence-corrected chi connectivity index (χ0v) is 10.8. The molecule has 3 rings (SSSR count). The van der Waals surface area contributed by atoms with Gasteiger partial charge in [0, 0.05) is 22.7 Å². The number of ether oxygens (including phenoxy) is 1. The number of halogens is 2. The Morgan fingerprint density at radius 2 is 1.78 bits per heavy atom. The van der Waals surface area contributed by atoms with Crippen molar-refractivity contribution < 1.29 is 4.74 Å². The van der Waals surface area contributed by atoms with Gasteiger partial charge in [-0.2, -0.15) is 0 Å². The fourth-order valence-electron chi connectivity index (χ4n) is 1.83. The van der Waals surface area contributed by atoms with Crippen molar-refractivity contribution in [3.05, 3.63) is 58.7 Å². The number of hydrogen-bond acceptors (Lipinski definition) is 1. The quantitative estimate of drug-likeness (QED) is 0.678. The molecule has 0 aliphatic rings. The molecule has 0 atom stereocenters. The number of para-hydroxylation sites is 1. The summed E-state index contributed by atoms with van der Waals surface area (Å²) in [5, 5.41) is 2.16. The minimum Gasteiger partial charge on any atom is -0.455 e. The van der Waals surface area contributed by atoms with Crippen LogP contribution in [0, 0.1) is 0 Å². The highest BCUT2D eigenvalue weighted by molar-refractivity contribution is 6.32. The number of fused-ring (bicyclic) bond motifs is 1. The molecular formula is C14H9Cl2NO. The number of benzene rings is 2. The summed E-state index contributed by atoms with van der Waals surface area (Å²) in [5.74, 6) is 1.30. The van der Waals surface area contributed by atoms with E-state index in [2.05, 4.69) is 4.98 Å². The second-order valence-corrected chi connectivity index (χ2v) is 4.72. The van der Waals surface area contributed by atoms with Crippen LogP contribution >= 0.6 is 23.2 Å². The van der Waals surface area contributed by atoms with E-state index in [0.717, 1.165) is 10.9 Å².